The third kappa shape index (κ3) is 8.01. The van der Waals surface area contributed by atoms with Crippen molar-refractivity contribution < 1.29 is 33.7 Å². The SMILES string of the molecule is COc1ccc([Si](C)(C)[C@@H]2[C@@H](CC(=O)N(CCO)Cc3ccccc3)O[C@]3(C(=O)N(Cc4cccc(NC(=O)Cc5c[nH]c6ccccc56)c4)c4ccc(OC)cc43)[C@H]2C)cc1. The number of nitrogens with zero attached hydrogens (tertiary/aromatic N) is 2. The second-order valence-electron chi connectivity index (χ2n) is 16.9. The van der Waals surface area contributed by atoms with Gasteiger partial charge in [0.25, 0.3) is 5.91 Å². The molecular weight excluding hydrogens is 797 g/mol. The molecule has 11 nitrogen and oxygen atoms in total. The molecule has 3 amide bonds. The number of aliphatic hydroxyl groups excluding tert-OH is 1. The first-order chi connectivity index (χ1) is 30.0. The molecule has 8 rings (SSSR count). The number of benzene rings is 5. The molecule has 1 fully saturated rings. The van der Waals surface area contributed by atoms with Crippen LogP contribution in [0.3, 0.4) is 0 Å². The molecule has 0 aliphatic carbocycles. The molecule has 2 aliphatic rings. The van der Waals surface area contributed by atoms with Crippen LogP contribution < -0.4 is 24.9 Å². The molecule has 0 radical (unpaired) electrons. The number of aliphatic hydroxyl groups is 1. The van der Waals surface area contributed by atoms with Gasteiger partial charge in [-0.3, -0.25) is 14.4 Å². The Balaban J connectivity index is 1.12. The summed E-state index contributed by atoms with van der Waals surface area (Å²) >= 11 is 0. The molecule has 1 spiro atoms. The quantitative estimate of drug-likeness (QED) is 0.0910. The van der Waals surface area contributed by atoms with E-state index in [-0.39, 0.29) is 61.7 Å². The maximum Gasteiger partial charge on any atom is 0.264 e. The molecule has 1 aromatic heterocycles. The van der Waals surface area contributed by atoms with Gasteiger partial charge >= 0.3 is 0 Å². The van der Waals surface area contributed by atoms with Gasteiger partial charge < -0.3 is 39.4 Å². The van der Waals surface area contributed by atoms with E-state index < -0.39 is 19.8 Å². The first-order valence-electron chi connectivity index (χ1n) is 21.2. The molecule has 3 N–H and O–H groups in total. The summed E-state index contributed by atoms with van der Waals surface area (Å²) < 4.78 is 18.6. The molecule has 2 aliphatic heterocycles. The van der Waals surface area contributed by atoms with Crippen LogP contribution in [-0.4, -0.2) is 74.3 Å². The molecule has 62 heavy (non-hydrogen) atoms. The number of rotatable bonds is 15. The second-order valence-corrected chi connectivity index (χ2v) is 21.6. The molecule has 0 unspecified atom stereocenters. The van der Waals surface area contributed by atoms with E-state index in [9.17, 15) is 14.7 Å². The number of amides is 3. The molecule has 0 saturated carbocycles. The number of para-hydroxylation sites is 1. The van der Waals surface area contributed by atoms with E-state index in [4.69, 9.17) is 14.2 Å². The largest absolute Gasteiger partial charge is 0.497 e. The fourth-order valence-corrected chi connectivity index (χ4v) is 13.9. The summed E-state index contributed by atoms with van der Waals surface area (Å²) in [5.41, 5.74) is 4.09. The van der Waals surface area contributed by atoms with Gasteiger partial charge in [-0.05, 0) is 70.8 Å². The van der Waals surface area contributed by atoms with Crippen molar-refractivity contribution in [2.45, 2.75) is 63.2 Å². The number of methoxy groups -OCH3 is 2. The van der Waals surface area contributed by atoms with E-state index in [0.717, 1.165) is 38.5 Å². The highest BCUT2D eigenvalue weighted by Crippen LogP contribution is 2.60. The van der Waals surface area contributed by atoms with Crippen molar-refractivity contribution >= 4 is 53.3 Å². The number of anilines is 2. The van der Waals surface area contributed by atoms with Crippen LogP contribution in [0.4, 0.5) is 11.4 Å². The number of ether oxygens (including phenoxy) is 3. The molecule has 12 heteroatoms. The molecule has 6 aromatic rings. The van der Waals surface area contributed by atoms with Gasteiger partial charge in [-0.1, -0.05) is 98.0 Å². The normalized spacial score (nSPS) is 19.5. The zero-order valence-corrected chi connectivity index (χ0v) is 36.9. The van der Waals surface area contributed by atoms with Gasteiger partial charge in [-0.25, -0.2) is 0 Å². The summed E-state index contributed by atoms with van der Waals surface area (Å²) in [5.74, 6) is 0.469. The number of carbonyl (C=O) groups excluding carboxylic acids is 3. The Labute approximate surface area is 363 Å². The number of fused-ring (bicyclic) bond motifs is 3. The second kappa shape index (κ2) is 17.6. The predicted molar refractivity (Wildman–Crippen MR) is 244 cm³/mol. The minimum atomic E-state index is -2.57. The van der Waals surface area contributed by atoms with Crippen molar-refractivity contribution in [2.24, 2.45) is 5.92 Å². The van der Waals surface area contributed by atoms with E-state index in [1.54, 1.807) is 24.0 Å². The Bertz CT molecular complexity index is 2580. The van der Waals surface area contributed by atoms with E-state index in [2.05, 4.69) is 42.5 Å². The Morgan fingerprint density at radius 2 is 1.60 bits per heavy atom. The van der Waals surface area contributed by atoms with Crippen LogP contribution in [0.1, 0.15) is 35.6 Å². The highest BCUT2D eigenvalue weighted by atomic mass is 28.3. The average molecular weight is 851 g/mol. The van der Waals surface area contributed by atoms with Crippen LogP contribution in [0.25, 0.3) is 10.9 Å². The van der Waals surface area contributed by atoms with E-state index >= 15 is 4.79 Å². The number of aromatic nitrogens is 1. The maximum atomic E-state index is 15.5. The topological polar surface area (TPSA) is 133 Å². The van der Waals surface area contributed by atoms with Gasteiger partial charge in [0.1, 0.15) is 11.5 Å². The lowest BCUT2D eigenvalue weighted by Crippen LogP contribution is -2.52. The van der Waals surface area contributed by atoms with Gasteiger partial charge in [-0.2, -0.15) is 0 Å². The van der Waals surface area contributed by atoms with Crippen LogP contribution in [0.15, 0.2) is 128 Å². The van der Waals surface area contributed by atoms with Crippen molar-refractivity contribution in [3.8, 4) is 11.5 Å². The summed E-state index contributed by atoms with van der Waals surface area (Å²) in [4.78, 5) is 50.0. The van der Waals surface area contributed by atoms with Gasteiger partial charge in [0.2, 0.25) is 11.8 Å². The Morgan fingerprint density at radius 3 is 2.34 bits per heavy atom. The van der Waals surface area contributed by atoms with Crippen LogP contribution in [0.5, 0.6) is 11.5 Å². The first-order valence-corrected chi connectivity index (χ1v) is 24.2. The number of hydrogen-bond acceptors (Lipinski definition) is 7. The molecule has 5 aromatic carbocycles. The zero-order chi connectivity index (χ0) is 43.6. The molecule has 320 valence electrons. The van der Waals surface area contributed by atoms with Crippen molar-refractivity contribution in [3.63, 3.8) is 0 Å². The number of carbonyl (C=O) groups is 3. The van der Waals surface area contributed by atoms with Crippen LogP contribution in [0.2, 0.25) is 18.6 Å². The lowest BCUT2D eigenvalue weighted by atomic mass is 9.82. The van der Waals surface area contributed by atoms with Crippen LogP contribution in [-0.2, 0) is 44.2 Å². The molecule has 1 saturated heterocycles. The lowest BCUT2D eigenvalue weighted by molar-refractivity contribution is -0.150. The van der Waals surface area contributed by atoms with Crippen molar-refractivity contribution in [1.29, 1.82) is 0 Å². The van der Waals surface area contributed by atoms with Crippen molar-refractivity contribution in [1.82, 2.24) is 9.88 Å². The summed E-state index contributed by atoms with van der Waals surface area (Å²) in [6, 6.07) is 39.0. The smallest absolute Gasteiger partial charge is 0.264 e. The number of hydrogen-bond donors (Lipinski definition) is 3. The monoisotopic (exact) mass is 850 g/mol. The van der Waals surface area contributed by atoms with Gasteiger partial charge in [0.15, 0.2) is 5.60 Å². The number of nitrogens with one attached hydrogen (secondary N) is 2. The average Bonchev–Trinajstić information content (AvgIpc) is 3.90. The minimum absolute atomic E-state index is 0.0308. The first kappa shape index (κ1) is 42.5. The van der Waals surface area contributed by atoms with Crippen molar-refractivity contribution in [2.75, 3.05) is 37.6 Å². The van der Waals surface area contributed by atoms with Crippen molar-refractivity contribution in [3.05, 3.63) is 150 Å². The summed E-state index contributed by atoms with van der Waals surface area (Å²) in [7, 11) is 0.676. The molecular formula is C50H54N4O7Si. The number of H-pyrrole nitrogens is 1. The molecule has 4 atom stereocenters. The highest BCUT2D eigenvalue weighted by molar-refractivity contribution is 6.91. The maximum absolute atomic E-state index is 15.5. The zero-order valence-electron chi connectivity index (χ0n) is 35.9. The van der Waals surface area contributed by atoms with E-state index in [0.29, 0.717) is 29.2 Å². The van der Waals surface area contributed by atoms with Crippen LogP contribution >= 0.6 is 0 Å². The third-order valence-corrected chi connectivity index (χ3v) is 17.3. The molecule has 0 bridgehead atoms. The fourth-order valence-electron chi connectivity index (χ4n) is 9.88. The molecule has 3 heterocycles. The number of aromatic amines is 1. The summed E-state index contributed by atoms with van der Waals surface area (Å²) in [6.07, 6.45) is 1.48. The lowest BCUT2D eigenvalue weighted by Gasteiger charge is -2.37. The third-order valence-electron chi connectivity index (χ3n) is 12.9. The minimum Gasteiger partial charge on any atom is -0.497 e. The van der Waals surface area contributed by atoms with Crippen LogP contribution in [0, 0.1) is 5.92 Å². The summed E-state index contributed by atoms with van der Waals surface area (Å²) in [5, 5.41) is 15.3. The Morgan fingerprint density at radius 1 is 0.887 bits per heavy atom. The van der Waals surface area contributed by atoms with Gasteiger partial charge in [0, 0.05) is 47.4 Å². The summed E-state index contributed by atoms with van der Waals surface area (Å²) in [6.45, 7) is 7.21. The Hall–Kier alpha value is -6.21. The van der Waals surface area contributed by atoms with Gasteiger partial charge in [-0.15, -0.1) is 0 Å². The van der Waals surface area contributed by atoms with E-state index in [1.165, 1.54) is 0 Å². The fraction of sp³-hybridized carbons (Fsp3) is 0.300. The highest BCUT2D eigenvalue weighted by Gasteiger charge is 2.66. The Kier molecular flexibility index (Phi) is 12.1. The predicted octanol–water partition coefficient (Wildman–Crippen LogP) is 7.54. The van der Waals surface area contributed by atoms with E-state index in [1.807, 2.05) is 115 Å². The standard InChI is InChI=1S/C50H54N4O7Si/c1-33-48(62(4,5)40-21-18-38(59-2)19-22-40)45(29-47(57)53(24-25-55)31-34-12-7-6-8-13-34)61-50(33)42-28-39(60-3)20-23-44(42)54(49(50)58)32-35-14-11-15-37(26-35)52-46(56)27-36-30-51-43-17-10-9-16-41(36)43/h6-23,26,28,30,33,45,48,51,55H,24-25,27,29,31-32H2,1-5H3,(H,52,56)/t33-,45+,48-,50+/m0/s1. The van der Waals surface area contributed by atoms with Gasteiger partial charge in [0.05, 0.1) is 60.1 Å².